The van der Waals surface area contributed by atoms with Crippen LogP contribution >= 0.6 is 7.14 Å². The molecule has 3 aromatic heterocycles. The Bertz CT molecular complexity index is 1280. The smallest absolute Gasteiger partial charge is 0.171 e. The standard InChI is InChI=1S/C27H20N3OP/c31-32(21-11-3-1-4-12-21,22-13-5-2-6-14-22)23-19-26(24-15-7-9-17-28-24)30-27(20-23)25-16-8-10-18-29-25/h1-20H. The Labute approximate surface area is 187 Å². The lowest BCUT2D eigenvalue weighted by atomic mass is 10.2. The second kappa shape index (κ2) is 8.70. The number of hydrogen-bond donors (Lipinski definition) is 0. The highest BCUT2D eigenvalue weighted by Crippen LogP contribution is 2.43. The predicted molar refractivity (Wildman–Crippen MR) is 130 cm³/mol. The Morgan fingerprint density at radius 3 is 1.31 bits per heavy atom. The van der Waals surface area contributed by atoms with Crippen molar-refractivity contribution in [1.29, 1.82) is 0 Å². The van der Waals surface area contributed by atoms with E-state index in [0.29, 0.717) is 16.7 Å². The van der Waals surface area contributed by atoms with Gasteiger partial charge in [-0.25, -0.2) is 4.98 Å². The minimum Gasteiger partial charge on any atom is -0.309 e. The number of benzene rings is 2. The third-order valence-electron chi connectivity index (χ3n) is 5.27. The summed E-state index contributed by atoms with van der Waals surface area (Å²) in [6.45, 7) is 0. The molecule has 4 nitrogen and oxygen atoms in total. The van der Waals surface area contributed by atoms with Crippen LogP contribution in [-0.4, -0.2) is 15.0 Å². The van der Waals surface area contributed by atoms with Gasteiger partial charge in [0, 0.05) is 28.3 Å². The van der Waals surface area contributed by atoms with Crippen molar-refractivity contribution in [2.45, 2.75) is 0 Å². The summed E-state index contributed by atoms with van der Waals surface area (Å²) in [6, 6.07) is 34.4. The van der Waals surface area contributed by atoms with E-state index in [9.17, 15) is 4.57 Å². The van der Waals surface area contributed by atoms with E-state index in [2.05, 4.69) is 9.97 Å². The lowest BCUT2D eigenvalue weighted by molar-refractivity contribution is 0.592. The van der Waals surface area contributed by atoms with Gasteiger partial charge in [0.1, 0.15) is 0 Å². The number of nitrogens with zero attached hydrogens (tertiary/aromatic N) is 3. The summed E-state index contributed by atoms with van der Waals surface area (Å²) < 4.78 is 14.9. The van der Waals surface area contributed by atoms with Crippen LogP contribution in [0.1, 0.15) is 0 Å². The van der Waals surface area contributed by atoms with Crippen molar-refractivity contribution >= 4 is 23.1 Å². The Morgan fingerprint density at radius 1 is 0.469 bits per heavy atom. The molecule has 2 aromatic carbocycles. The molecule has 0 aliphatic heterocycles. The summed E-state index contributed by atoms with van der Waals surface area (Å²) in [7, 11) is -3.17. The van der Waals surface area contributed by atoms with Crippen molar-refractivity contribution in [2.75, 3.05) is 0 Å². The summed E-state index contributed by atoms with van der Waals surface area (Å²) in [6.07, 6.45) is 3.47. The maximum atomic E-state index is 14.9. The quantitative estimate of drug-likeness (QED) is 0.372. The molecule has 5 aromatic rings. The van der Waals surface area contributed by atoms with Crippen molar-refractivity contribution in [3.63, 3.8) is 0 Å². The second-order valence-corrected chi connectivity index (χ2v) is 10.1. The molecule has 0 fully saturated rings. The van der Waals surface area contributed by atoms with Crippen molar-refractivity contribution in [2.24, 2.45) is 0 Å². The third-order valence-corrected chi connectivity index (χ3v) is 8.30. The van der Waals surface area contributed by atoms with E-state index in [1.165, 1.54) is 0 Å². The van der Waals surface area contributed by atoms with E-state index < -0.39 is 7.14 Å². The van der Waals surface area contributed by atoms with Crippen LogP contribution in [0.4, 0.5) is 0 Å². The molecule has 0 spiro atoms. The molecule has 3 heterocycles. The van der Waals surface area contributed by atoms with Crippen molar-refractivity contribution < 1.29 is 4.57 Å². The number of hydrogen-bond acceptors (Lipinski definition) is 4. The molecule has 5 rings (SSSR count). The van der Waals surface area contributed by atoms with Crippen LogP contribution in [0.2, 0.25) is 0 Å². The molecule has 0 unspecified atom stereocenters. The maximum absolute atomic E-state index is 14.9. The van der Waals surface area contributed by atoms with Crippen molar-refractivity contribution in [3.05, 3.63) is 122 Å². The van der Waals surface area contributed by atoms with E-state index in [0.717, 1.165) is 22.0 Å². The highest BCUT2D eigenvalue weighted by Gasteiger charge is 2.31. The summed E-state index contributed by atoms with van der Waals surface area (Å²) in [5.41, 5.74) is 2.77. The topological polar surface area (TPSA) is 55.7 Å². The van der Waals surface area contributed by atoms with Gasteiger partial charge < -0.3 is 4.57 Å². The van der Waals surface area contributed by atoms with Crippen LogP contribution in [0.25, 0.3) is 22.8 Å². The molecule has 0 atom stereocenters. The van der Waals surface area contributed by atoms with E-state index in [4.69, 9.17) is 4.98 Å². The first-order chi connectivity index (χ1) is 15.7. The Morgan fingerprint density at radius 2 is 0.906 bits per heavy atom. The summed E-state index contributed by atoms with van der Waals surface area (Å²) in [4.78, 5) is 13.8. The molecule has 0 bridgehead atoms. The molecule has 5 heteroatoms. The average molecular weight is 433 g/mol. The first-order valence-corrected chi connectivity index (χ1v) is 12.0. The Balaban J connectivity index is 1.81. The molecule has 0 aliphatic rings. The molecule has 32 heavy (non-hydrogen) atoms. The summed E-state index contributed by atoms with van der Waals surface area (Å²) >= 11 is 0. The lowest BCUT2D eigenvalue weighted by Gasteiger charge is -2.21. The van der Waals surface area contributed by atoms with Crippen LogP contribution in [0.5, 0.6) is 0 Å². The maximum Gasteiger partial charge on any atom is 0.171 e. The third kappa shape index (κ3) is 3.77. The van der Waals surface area contributed by atoms with Gasteiger partial charge in [0.15, 0.2) is 7.14 Å². The molecule has 0 saturated heterocycles. The van der Waals surface area contributed by atoms with Gasteiger partial charge in [-0.3, -0.25) is 9.97 Å². The van der Waals surface area contributed by atoms with Crippen molar-refractivity contribution in [3.8, 4) is 22.8 Å². The van der Waals surface area contributed by atoms with Gasteiger partial charge in [-0.05, 0) is 36.4 Å². The SMILES string of the molecule is O=P(c1ccccc1)(c1ccccc1)c1cc(-c2ccccn2)nc(-c2ccccn2)c1. The molecule has 0 saturated carbocycles. The Kier molecular flexibility index (Phi) is 5.45. The minimum absolute atomic E-state index is 0.663. The highest BCUT2D eigenvalue weighted by molar-refractivity contribution is 7.85. The molecule has 0 N–H and O–H groups in total. The molecule has 0 radical (unpaired) electrons. The normalized spacial score (nSPS) is 11.2. The average Bonchev–Trinajstić information content (AvgIpc) is 2.90. The minimum atomic E-state index is -3.17. The van der Waals surface area contributed by atoms with Crippen LogP contribution in [0, 0.1) is 0 Å². The van der Waals surface area contributed by atoms with Crippen LogP contribution in [0.15, 0.2) is 122 Å². The van der Waals surface area contributed by atoms with E-state index in [-0.39, 0.29) is 0 Å². The van der Waals surface area contributed by atoms with Gasteiger partial charge in [-0.1, -0.05) is 72.8 Å². The molecule has 0 amide bonds. The van der Waals surface area contributed by atoms with Gasteiger partial charge in [0.25, 0.3) is 0 Å². The fraction of sp³-hybridized carbons (Fsp3) is 0. The largest absolute Gasteiger partial charge is 0.309 e. The summed E-state index contributed by atoms with van der Waals surface area (Å²) in [5, 5.41) is 2.25. The highest BCUT2D eigenvalue weighted by atomic mass is 31.2. The number of rotatable bonds is 5. The lowest BCUT2D eigenvalue weighted by Crippen LogP contribution is -2.25. The fourth-order valence-electron chi connectivity index (χ4n) is 3.71. The summed E-state index contributed by atoms with van der Waals surface area (Å²) in [5.74, 6) is 0. The second-order valence-electron chi connectivity index (χ2n) is 7.31. The van der Waals surface area contributed by atoms with E-state index >= 15 is 0 Å². The van der Waals surface area contributed by atoms with Gasteiger partial charge in [0.2, 0.25) is 0 Å². The fourth-order valence-corrected chi connectivity index (χ4v) is 6.40. The molecular formula is C27H20N3OP. The van der Waals surface area contributed by atoms with Crippen LogP contribution in [-0.2, 0) is 4.57 Å². The zero-order valence-electron chi connectivity index (χ0n) is 17.2. The Hall–Kier alpha value is -3.88. The van der Waals surface area contributed by atoms with Crippen LogP contribution < -0.4 is 15.9 Å². The van der Waals surface area contributed by atoms with Gasteiger partial charge in [-0.2, -0.15) is 0 Å². The number of aromatic nitrogens is 3. The monoisotopic (exact) mass is 433 g/mol. The molecule has 154 valence electrons. The molecular weight excluding hydrogens is 413 g/mol. The molecule has 0 aliphatic carbocycles. The predicted octanol–water partition coefficient (Wildman–Crippen LogP) is 4.85. The van der Waals surface area contributed by atoms with E-state index in [1.807, 2.05) is 109 Å². The van der Waals surface area contributed by atoms with E-state index in [1.54, 1.807) is 12.4 Å². The first-order valence-electron chi connectivity index (χ1n) is 10.3. The zero-order chi connectivity index (χ0) is 21.8. The van der Waals surface area contributed by atoms with Crippen LogP contribution in [0.3, 0.4) is 0 Å². The zero-order valence-corrected chi connectivity index (χ0v) is 18.1. The van der Waals surface area contributed by atoms with Gasteiger partial charge >= 0.3 is 0 Å². The first kappa shape index (κ1) is 20.0. The van der Waals surface area contributed by atoms with Gasteiger partial charge in [-0.15, -0.1) is 0 Å². The number of pyridine rings is 3. The van der Waals surface area contributed by atoms with Gasteiger partial charge in [0.05, 0.1) is 22.8 Å². The van der Waals surface area contributed by atoms with Crippen molar-refractivity contribution in [1.82, 2.24) is 15.0 Å².